The highest BCUT2D eigenvalue weighted by Gasteiger charge is 2.09. The molecule has 4 heteroatoms. The molecular weight excluding hydrogens is 198 g/mol. The van der Waals surface area contributed by atoms with Crippen molar-refractivity contribution in [3.8, 4) is 0 Å². The summed E-state index contributed by atoms with van der Waals surface area (Å²) < 4.78 is 1.01. The van der Waals surface area contributed by atoms with E-state index in [4.69, 9.17) is 0 Å². The fourth-order valence-corrected chi connectivity index (χ4v) is 2.33. The molecule has 0 aliphatic carbocycles. The summed E-state index contributed by atoms with van der Waals surface area (Å²) in [6.45, 7) is 1.98. The number of benzene rings is 1. The first-order valence-corrected chi connectivity index (χ1v) is 4.90. The van der Waals surface area contributed by atoms with Crippen LogP contribution in [0.25, 0.3) is 10.1 Å². The van der Waals surface area contributed by atoms with Gasteiger partial charge in [-0.15, -0.1) is 16.2 Å². The Morgan fingerprint density at radius 3 is 2.86 bits per heavy atom. The van der Waals surface area contributed by atoms with Crippen molar-refractivity contribution in [3.05, 3.63) is 39.6 Å². The molecule has 2 aromatic rings. The first-order valence-electron chi connectivity index (χ1n) is 4.08. The Labute approximate surface area is 84.3 Å². The van der Waals surface area contributed by atoms with Gasteiger partial charge in [0, 0.05) is 9.88 Å². The minimum Gasteiger partial charge on any atom is -0.262 e. The number of hydrogen-bond acceptors (Lipinski definition) is 3. The summed E-state index contributed by atoms with van der Waals surface area (Å²) in [5.41, 5.74) is 1.14. The van der Waals surface area contributed by atoms with Gasteiger partial charge in [-0.3, -0.25) is 4.79 Å². The van der Waals surface area contributed by atoms with Gasteiger partial charge >= 0.3 is 5.91 Å². The van der Waals surface area contributed by atoms with Gasteiger partial charge in [-0.25, -0.2) is 0 Å². The maximum atomic E-state index is 11.0. The van der Waals surface area contributed by atoms with Gasteiger partial charge in [-0.2, -0.15) is 0 Å². The number of nitroso groups, excluding NO2 is 1. The molecule has 0 fully saturated rings. The molecule has 0 N–H and O–H groups in total. The molecule has 0 unspecified atom stereocenters. The average Bonchev–Trinajstić information content (AvgIpc) is 2.59. The van der Waals surface area contributed by atoms with Crippen LogP contribution in [0.15, 0.2) is 29.4 Å². The lowest BCUT2D eigenvalue weighted by Crippen LogP contribution is -1.86. The van der Waals surface area contributed by atoms with Crippen molar-refractivity contribution in [2.45, 2.75) is 6.92 Å². The molecule has 0 bridgehead atoms. The monoisotopic (exact) mass is 205 g/mol. The number of rotatable bonds is 1. The zero-order chi connectivity index (χ0) is 10.1. The smallest absolute Gasteiger partial charge is 0.262 e. The molecule has 14 heavy (non-hydrogen) atoms. The summed E-state index contributed by atoms with van der Waals surface area (Å²) in [5, 5.41) is 3.38. The zero-order valence-corrected chi connectivity index (χ0v) is 8.30. The normalized spacial score (nSPS) is 10.4. The molecule has 0 radical (unpaired) electrons. The molecular formula is C10H7NO2S. The molecule has 0 aliphatic heterocycles. The lowest BCUT2D eigenvalue weighted by molar-refractivity contribution is 0.100. The van der Waals surface area contributed by atoms with Crippen LogP contribution in [-0.4, -0.2) is 5.91 Å². The van der Waals surface area contributed by atoms with E-state index < -0.39 is 5.91 Å². The van der Waals surface area contributed by atoms with Crippen molar-refractivity contribution in [1.29, 1.82) is 0 Å². The van der Waals surface area contributed by atoms with Gasteiger partial charge in [0.25, 0.3) is 0 Å². The highest BCUT2D eigenvalue weighted by molar-refractivity contribution is 7.20. The van der Waals surface area contributed by atoms with Crippen molar-refractivity contribution in [3.63, 3.8) is 0 Å². The van der Waals surface area contributed by atoms with Crippen LogP contribution in [0.5, 0.6) is 0 Å². The van der Waals surface area contributed by atoms with Crippen LogP contribution in [-0.2, 0) is 0 Å². The third-order valence-electron chi connectivity index (χ3n) is 1.97. The van der Waals surface area contributed by atoms with Crippen LogP contribution in [0, 0.1) is 11.8 Å². The minimum atomic E-state index is -0.691. The largest absolute Gasteiger partial charge is 0.326 e. The predicted octanol–water partition coefficient (Wildman–Crippen LogP) is 3.12. The molecule has 0 aliphatic rings. The number of thiophene rings is 1. The van der Waals surface area contributed by atoms with E-state index in [2.05, 4.69) is 5.18 Å². The molecule has 1 aromatic carbocycles. The Hall–Kier alpha value is -1.55. The van der Waals surface area contributed by atoms with E-state index in [0.717, 1.165) is 15.6 Å². The zero-order valence-electron chi connectivity index (χ0n) is 7.48. The number of amides is 1. The van der Waals surface area contributed by atoms with Crippen molar-refractivity contribution >= 4 is 27.3 Å². The van der Waals surface area contributed by atoms with E-state index >= 15 is 0 Å². The van der Waals surface area contributed by atoms with Gasteiger partial charge in [-0.1, -0.05) is 12.1 Å². The fourth-order valence-electron chi connectivity index (χ4n) is 1.29. The Kier molecular flexibility index (Phi) is 2.13. The molecule has 1 aromatic heterocycles. The van der Waals surface area contributed by atoms with Crippen LogP contribution in [0.3, 0.4) is 0 Å². The second-order valence-electron chi connectivity index (χ2n) is 3.05. The Morgan fingerprint density at radius 2 is 2.14 bits per heavy atom. The van der Waals surface area contributed by atoms with Gasteiger partial charge in [0.1, 0.15) is 0 Å². The number of aryl methyl sites for hydroxylation is 1. The molecule has 2 rings (SSSR count). The molecule has 0 atom stereocenters. The second-order valence-corrected chi connectivity index (χ2v) is 4.13. The lowest BCUT2D eigenvalue weighted by Gasteiger charge is -1.89. The van der Waals surface area contributed by atoms with E-state index in [1.54, 1.807) is 6.07 Å². The Balaban J connectivity index is 2.62. The van der Waals surface area contributed by atoms with E-state index in [1.807, 2.05) is 25.1 Å². The standard InChI is InChI=1S/C10H7NO2S/c1-6-2-3-7-5-9(10(12)11-13)14-8(7)4-6/h2-5H,1H3. The summed E-state index contributed by atoms with van der Waals surface area (Å²) >= 11 is 1.30. The molecule has 0 saturated carbocycles. The van der Waals surface area contributed by atoms with Gasteiger partial charge in [0.05, 0.1) is 4.88 Å². The Bertz CT molecular complexity index is 516. The quantitative estimate of drug-likeness (QED) is 0.671. The number of hydrogen-bond donors (Lipinski definition) is 0. The van der Waals surface area contributed by atoms with Crippen molar-refractivity contribution in [2.75, 3.05) is 0 Å². The van der Waals surface area contributed by atoms with E-state index in [0.29, 0.717) is 4.88 Å². The summed E-state index contributed by atoms with van der Waals surface area (Å²) in [7, 11) is 0. The van der Waals surface area contributed by atoms with Crippen molar-refractivity contribution < 1.29 is 4.79 Å². The molecule has 3 nitrogen and oxygen atoms in total. The lowest BCUT2D eigenvalue weighted by atomic mass is 10.2. The summed E-state index contributed by atoms with van der Waals surface area (Å²) in [6, 6.07) is 7.59. The first kappa shape index (κ1) is 9.02. The third-order valence-corrected chi connectivity index (χ3v) is 3.06. The molecule has 0 spiro atoms. The van der Waals surface area contributed by atoms with Gasteiger partial charge < -0.3 is 0 Å². The van der Waals surface area contributed by atoms with Crippen LogP contribution in [0.2, 0.25) is 0 Å². The van der Waals surface area contributed by atoms with E-state index in [9.17, 15) is 9.70 Å². The number of nitrogens with zero attached hydrogens (tertiary/aromatic N) is 1. The van der Waals surface area contributed by atoms with E-state index in [-0.39, 0.29) is 0 Å². The number of carbonyl (C=O) groups is 1. The molecule has 70 valence electrons. The SMILES string of the molecule is Cc1ccc2cc(C(=O)N=O)sc2c1. The maximum absolute atomic E-state index is 11.0. The number of carbonyl (C=O) groups excluding carboxylic acids is 1. The van der Waals surface area contributed by atoms with E-state index in [1.165, 1.54) is 11.3 Å². The van der Waals surface area contributed by atoms with Gasteiger partial charge in [0.2, 0.25) is 0 Å². The average molecular weight is 205 g/mol. The molecule has 1 amide bonds. The summed E-state index contributed by atoms with van der Waals surface area (Å²) in [5.74, 6) is -0.691. The van der Waals surface area contributed by atoms with Crippen molar-refractivity contribution in [2.24, 2.45) is 5.18 Å². The highest BCUT2D eigenvalue weighted by atomic mass is 32.1. The highest BCUT2D eigenvalue weighted by Crippen LogP contribution is 2.26. The first-order chi connectivity index (χ1) is 6.70. The molecule has 0 saturated heterocycles. The number of fused-ring (bicyclic) bond motifs is 1. The fraction of sp³-hybridized carbons (Fsp3) is 0.100. The maximum Gasteiger partial charge on any atom is 0.326 e. The minimum absolute atomic E-state index is 0.403. The second kappa shape index (κ2) is 3.31. The summed E-state index contributed by atoms with van der Waals surface area (Å²) in [6.07, 6.45) is 0. The third kappa shape index (κ3) is 1.44. The topological polar surface area (TPSA) is 46.5 Å². The van der Waals surface area contributed by atoms with Crippen LogP contribution < -0.4 is 0 Å². The van der Waals surface area contributed by atoms with Crippen molar-refractivity contribution in [1.82, 2.24) is 0 Å². The van der Waals surface area contributed by atoms with Crippen LogP contribution in [0.1, 0.15) is 15.2 Å². The van der Waals surface area contributed by atoms with Crippen LogP contribution >= 0.6 is 11.3 Å². The van der Waals surface area contributed by atoms with Gasteiger partial charge in [-0.05, 0) is 30.0 Å². The summed E-state index contributed by atoms with van der Waals surface area (Å²) in [4.78, 5) is 21.5. The van der Waals surface area contributed by atoms with Gasteiger partial charge in [0.15, 0.2) is 0 Å². The predicted molar refractivity (Wildman–Crippen MR) is 56.7 cm³/mol. The molecule has 1 heterocycles. The Morgan fingerprint density at radius 1 is 1.36 bits per heavy atom. The van der Waals surface area contributed by atoms with Crippen LogP contribution in [0.4, 0.5) is 0 Å².